The Hall–Kier alpha value is -3.41. The number of H-pyrrole nitrogens is 1. The van der Waals surface area contributed by atoms with E-state index in [0.29, 0.717) is 5.69 Å². The first-order valence-corrected chi connectivity index (χ1v) is 7.03. The van der Waals surface area contributed by atoms with Gasteiger partial charge in [0.05, 0.1) is 11.9 Å². The van der Waals surface area contributed by atoms with Crippen LogP contribution in [0, 0.1) is 0 Å². The lowest BCUT2D eigenvalue weighted by molar-refractivity contribution is 0.0995. The third kappa shape index (κ3) is 2.17. The second-order valence-electron chi connectivity index (χ2n) is 5.28. The number of hydrogen-bond acceptors (Lipinski definition) is 3. The van der Waals surface area contributed by atoms with Gasteiger partial charge in [0.2, 0.25) is 0 Å². The minimum Gasteiger partial charge on any atom is -0.364 e. The van der Waals surface area contributed by atoms with Crippen molar-refractivity contribution in [1.29, 1.82) is 0 Å². The molecule has 0 spiro atoms. The minimum absolute atomic E-state index is 0.0613. The summed E-state index contributed by atoms with van der Waals surface area (Å²) in [5.74, 6) is -0.666. The van der Waals surface area contributed by atoms with Gasteiger partial charge >= 0.3 is 0 Å². The number of amides is 1. The van der Waals surface area contributed by atoms with Gasteiger partial charge < -0.3 is 10.7 Å². The zero-order valence-corrected chi connectivity index (χ0v) is 12.0. The number of rotatable bonds is 2. The summed E-state index contributed by atoms with van der Waals surface area (Å²) in [6.45, 7) is 0. The number of nitrogens with zero attached hydrogens (tertiary/aromatic N) is 2. The summed E-state index contributed by atoms with van der Waals surface area (Å²) in [7, 11) is 0. The second kappa shape index (κ2) is 4.81. The predicted molar refractivity (Wildman–Crippen MR) is 87.3 cm³/mol. The molecule has 0 bridgehead atoms. The molecular formula is C17H12N4O2. The van der Waals surface area contributed by atoms with Crippen molar-refractivity contribution >= 4 is 22.2 Å². The molecule has 4 aromatic rings. The van der Waals surface area contributed by atoms with Gasteiger partial charge in [-0.3, -0.25) is 9.59 Å². The van der Waals surface area contributed by atoms with E-state index < -0.39 is 5.91 Å². The normalized spacial score (nSPS) is 11.1. The highest BCUT2D eigenvalue weighted by Gasteiger charge is 2.11. The van der Waals surface area contributed by atoms with Gasteiger partial charge in [-0.05, 0) is 16.8 Å². The molecule has 2 aromatic carbocycles. The van der Waals surface area contributed by atoms with Gasteiger partial charge in [-0.15, -0.1) is 0 Å². The fraction of sp³-hybridized carbons (Fsp3) is 0. The first-order chi connectivity index (χ1) is 11.1. The number of primary amides is 1. The molecule has 0 aliphatic heterocycles. The molecule has 0 aliphatic carbocycles. The maximum atomic E-state index is 12.2. The molecule has 4 rings (SSSR count). The molecule has 2 heterocycles. The Kier molecular flexibility index (Phi) is 2.77. The number of nitrogens with two attached hydrogens (primary N) is 1. The lowest BCUT2D eigenvalue weighted by Gasteiger charge is -2.04. The Labute approximate surface area is 130 Å². The van der Waals surface area contributed by atoms with E-state index >= 15 is 0 Å². The van der Waals surface area contributed by atoms with Crippen LogP contribution < -0.4 is 11.3 Å². The Morgan fingerprint density at radius 1 is 1.09 bits per heavy atom. The van der Waals surface area contributed by atoms with Crippen LogP contribution in [0.5, 0.6) is 0 Å². The molecule has 2 aromatic heterocycles. The van der Waals surface area contributed by atoms with Crippen molar-refractivity contribution in [2.24, 2.45) is 5.73 Å². The summed E-state index contributed by atoms with van der Waals surface area (Å²) in [5.41, 5.74) is 6.71. The minimum atomic E-state index is -0.666. The molecule has 1 amide bonds. The van der Waals surface area contributed by atoms with Crippen molar-refractivity contribution in [1.82, 2.24) is 14.6 Å². The molecule has 0 saturated heterocycles. The lowest BCUT2D eigenvalue weighted by atomic mass is 10.1. The van der Waals surface area contributed by atoms with E-state index in [1.165, 1.54) is 10.6 Å². The van der Waals surface area contributed by atoms with Crippen LogP contribution in [0.25, 0.3) is 27.5 Å². The highest BCUT2D eigenvalue weighted by atomic mass is 16.1. The summed E-state index contributed by atoms with van der Waals surface area (Å²) >= 11 is 0. The molecule has 0 fully saturated rings. The first kappa shape index (κ1) is 13.3. The fourth-order valence-corrected chi connectivity index (χ4v) is 2.63. The van der Waals surface area contributed by atoms with Crippen molar-refractivity contribution < 1.29 is 4.79 Å². The summed E-state index contributed by atoms with van der Waals surface area (Å²) in [6.07, 6.45) is 1.67. The summed E-state index contributed by atoms with van der Waals surface area (Å²) in [6, 6.07) is 15.3. The molecule has 6 heteroatoms. The molecule has 6 nitrogen and oxygen atoms in total. The number of carbonyl (C=O) groups is 1. The summed E-state index contributed by atoms with van der Waals surface area (Å²) < 4.78 is 1.38. The number of aromatic amines is 1. The smallest absolute Gasteiger partial charge is 0.274 e. The van der Waals surface area contributed by atoms with E-state index in [9.17, 15) is 9.59 Å². The average molecular weight is 304 g/mol. The van der Waals surface area contributed by atoms with Crippen LogP contribution in [0.2, 0.25) is 0 Å². The van der Waals surface area contributed by atoms with Crippen LogP contribution in [0.1, 0.15) is 10.5 Å². The number of carbonyl (C=O) groups excluding carboxylic acids is 1. The molecule has 3 N–H and O–H groups in total. The van der Waals surface area contributed by atoms with Crippen molar-refractivity contribution in [2.45, 2.75) is 0 Å². The molecule has 0 atom stereocenters. The van der Waals surface area contributed by atoms with E-state index in [-0.39, 0.29) is 16.8 Å². The van der Waals surface area contributed by atoms with Crippen molar-refractivity contribution in [3.63, 3.8) is 0 Å². The van der Waals surface area contributed by atoms with Gasteiger partial charge in [0.15, 0.2) is 5.69 Å². The standard InChI is InChI=1S/C17H12N4O2/c18-16(22)13-8-15-17(23)19-14(9-21(15)20-13)12-6-5-10-3-1-2-4-11(10)7-12/h1-9H,(H2,18,22)(H,19,23). The number of aromatic nitrogens is 3. The van der Waals surface area contributed by atoms with Gasteiger partial charge in [-0.2, -0.15) is 5.10 Å². The Morgan fingerprint density at radius 3 is 2.65 bits per heavy atom. The van der Waals surface area contributed by atoms with Crippen molar-refractivity contribution in [2.75, 3.05) is 0 Å². The maximum absolute atomic E-state index is 12.2. The fourth-order valence-electron chi connectivity index (χ4n) is 2.63. The molecule has 0 radical (unpaired) electrons. The van der Waals surface area contributed by atoms with Crippen molar-refractivity contribution in [3.8, 4) is 11.3 Å². The van der Waals surface area contributed by atoms with E-state index in [2.05, 4.69) is 10.1 Å². The third-order valence-corrected chi connectivity index (χ3v) is 3.78. The first-order valence-electron chi connectivity index (χ1n) is 7.03. The second-order valence-corrected chi connectivity index (χ2v) is 5.28. The molecule has 0 aliphatic rings. The number of benzene rings is 2. The summed E-state index contributed by atoms with van der Waals surface area (Å²) in [4.78, 5) is 26.2. The highest BCUT2D eigenvalue weighted by molar-refractivity contribution is 5.92. The molecule has 23 heavy (non-hydrogen) atoms. The summed E-state index contributed by atoms with van der Waals surface area (Å²) in [5, 5.41) is 6.24. The van der Waals surface area contributed by atoms with Gasteiger partial charge in [-0.1, -0.05) is 36.4 Å². The zero-order valence-electron chi connectivity index (χ0n) is 12.0. The highest BCUT2D eigenvalue weighted by Crippen LogP contribution is 2.22. The largest absolute Gasteiger partial charge is 0.364 e. The monoisotopic (exact) mass is 304 g/mol. The van der Waals surface area contributed by atoms with E-state index in [1.54, 1.807) is 6.20 Å². The van der Waals surface area contributed by atoms with Gasteiger partial charge in [-0.25, -0.2) is 4.52 Å². The number of nitrogens with one attached hydrogen (secondary N) is 1. The Morgan fingerprint density at radius 2 is 1.87 bits per heavy atom. The van der Waals surface area contributed by atoms with E-state index in [4.69, 9.17) is 5.73 Å². The van der Waals surface area contributed by atoms with Gasteiger partial charge in [0, 0.05) is 11.6 Å². The van der Waals surface area contributed by atoms with Crippen LogP contribution in [-0.2, 0) is 0 Å². The lowest BCUT2D eigenvalue weighted by Crippen LogP contribution is -2.11. The maximum Gasteiger partial charge on any atom is 0.274 e. The topological polar surface area (TPSA) is 93.2 Å². The Balaban J connectivity index is 1.93. The SMILES string of the molecule is NC(=O)c1cc2c(=O)[nH]c(-c3ccc4ccccc4c3)cn2n1. The van der Waals surface area contributed by atoms with Crippen molar-refractivity contribution in [3.05, 3.63) is 70.8 Å². The molecule has 0 saturated carbocycles. The predicted octanol–water partition coefficient (Wildman–Crippen LogP) is 1.94. The molecule has 112 valence electrons. The van der Waals surface area contributed by atoms with E-state index in [1.807, 2.05) is 42.5 Å². The number of hydrogen-bond donors (Lipinski definition) is 2. The van der Waals surface area contributed by atoms with Gasteiger partial charge in [0.25, 0.3) is 11.5 Å². The van der Waals surface area contributed by atoms with Crippen LogP contribution in [0.3, 0.4) is 0 Å². The van der Waals surface area contributed by atoms with Crippen LogP contribution >= 0.6 is 0 Å². The zero-order chi connectivity index (χ0) is 16.0. The average Bonchev–Trinajstić information content (AvgIpc) is 2.99. The Bertz CT molecular complexity index is 1120. The quantitative estimate of drug-likeness (QED) is 0.592. The van der Waals surface area contributed by atoms with Crippen LogP contribution in [-0.4, -0.2) is 20.5 Å². The molecule has 0 unspecified atom stereocenters. The number of fused-ring (bicyclic) bond motifs is 2. The third-order valence-electron chi connectivity index (χ3n) is 3.78. The van der Waals surface area contributed by atoms with Crippen LogP contribution in [0.4, 0.5) is 0 Å². The van der Waals surface area contributed by atoms with Gasteiger partial charge in [0.1, 0.15) is 5.52 Å². The van der Waals surface area contributed by atoms with E-state index in [0.717, 1.165) is 16.3 Å². The molecular weight excluding hydrogens is 292 g/mol. The van der Waals surface area contributed by atoms with Crippen LogP contribution in [0.15, 0.2) is 59.5 Å².